The highest BCUT2D eigenvalue weighted by Crippen LogP contribution is 2.18. The molecule has 0 aromatic heterocycles. The molecule has 0 aliphatic rings. The van der Waals surface area contributed by atoms with Crippen LogP contribution in [-0.4, -0.2) is 23.5 Å². The van der Waals surface area contributed by atoms with Crippen molar-refractivity contribution in [3.05, 3.63) is 41.1 Å². The number of hydrogen-bond acceptors (Lipinski definition) is 4. The zero-order chi connectivity index (χ0) is 15.1. The van der Waals surface area contributed by atoms with Gasteiger partial charge in [0.05, 0.1) is 0 Å². The normalized spacial score (nSPS) is 10.6. The van der Waals surface area contributed by atoms with Gasteiger partial charge >= 0.3 is 5.97 Å². The van der Waals surface area contributed by atoms with Crippen molar-refractivity contribution in [1.29, 1.82) is 5.26 Å². The fourth-order valence-corrected chi connectivity index (χ4v) is 1.47. The number of nitrogens with zero attached hydrogens (tertiary/aromatic N) is 1. The number of anilines is 1. The molecule has 1 aromatic carbocycles. The lowest BCUT2D eigenvalue weighted by atomic mass is 10.1. The zero-order valence-corrected chi connectivity index (χ0v) is 11.2. The van der Waals surface area contributed by atoms with Crippen molar-refractivity contribution in [3.8, 4) is 6.07 Å². The summed E-state index contributed by atoms with van der Waals surface area (Å²) >= 11 is 0. The average Bonchev–Trinajstić information content (AvgIpc) is 2.39. The third kappa shape index (κ3) is 4.14. The van der Waals surface area contributed by atoms with Crippen LogP contribution in [0.5, 0.6) is 0 Å². The first-order valence-corrected chi connectivity index (χ1v) is 5.88. The Morgan fingerprint density at radius 3 is 2.70 bits per heavy atom. The monoisotopic (exact) mass is 273 g/mol. The van der Waals surface area contributed by atoms with Crippen LogP contribution < -0.4 is 10.6 Å². The Bertz CT molecular complexity index is 600. The van der Waals surface area contributed by atoms with E-state index in [1.54, 1.807) is 18.2 Å². The molecule has 1 aromatic rings. The summed E-state index contributed by atoms with van der Waals surface area (Å²) in [5.41, 5.74) is 2.37. The average molecular weight is 273 g/mol. The lowest BCUT2D eigenvalue weighted by molar-refractivity contribution is -0.135. The Kier molecular flexibility index (Phi) is 5.30. The van der Waals surface area contributed by atoms with Crippen LogP contribution in [0.4, 0.5) is 5.69 Å². The molecule has 0 atom stereocenters. The fraction of sp³-hybridized carbons (Fsp3) is 0.214. The van der Waals surface area contributed by atoms with Gasteiger partial charge in [-0.1, -0.05) is 12.1 Å². The topological polar surface area (TPSA) is 102 Å². The van der Waals surface area contributed by atoms with E-state index >= 15 is 0 Å². The number of aryl methyl sites for hydroxylation is 1. The molecule has 6 nitrogen and oxygen atoms in total. The number of hydrogen-bond donors (Lipinski definition) is 3. The molecule has 0 aliphatic carbocycles. The second-order valence-electron chi connectivity index (χ2n) is 4.15. The fourth-order valence-electron chi connectivity index (χ4n) is 1.47. The maximum atomic E-state index is 11.9. The maximum absolute atomic E-state index is 11.9. The minimum Gasteiger partial charge on any atom is -0.480 e. The van der Waals surface area contributed by atoms with Crippen molar-refractivity contribution in [3.63, 3.8) is 0 Å². The molecule has 0 bridgehead atoms. The highest BCUT2D eigenvalue weighted by atomic mass is 16.4. The van der Waals surface area contributed by atoms with Crippen molar-refractivity contribution < 1.29 is 14.7 Å². The summed E-state index contributed by atoms with van der Waals surface area (Å²) in [5.74, 6) is -1.66. The van der Waals surface area contributed by atoms with Gasteiger partial charge in [-0.2, -0.15) is 5.26 Å². The number of rotatable bonds is 5. The van der Waals surface area contributed by atoms with Crippen molar-refractivity contribution in [2.24, 2.45) is 0 Å². The number of amides is 1. The molecule has 3 N–H and O–H groups in total. The number of benzene rings is 1. The van der Waals surface area contributed by atoms with Crippen molar-refractivity contribution in [1.82, 2.24) is 5.32 Å². The molecule has 0 spiro atoms. The molecular weight excluding hydrogens is 258 g/mol. The summed E-state index contributed by atoms with van der Waals surface area (Å²) in [6, 6.07) is 7.18. The predicted octanol–water partition coefficient (Wildman–Crippen LogP) is 1.32. The SMILES string of the molecule is Cc1cccc(NC(=O)/C(C#N)=C\NCC(=O)O)c1C. The predicted molar refractivity (Wildman–Crippen MR) is 73.9 cm³/mol. The number of carboxylic acid groups (broad SMARTS) is 1. The molecule has 0 fully saturated rings. The van der Waals surface area contributed by atoms with E-state index in [9.17, 15) is 9.59 Å². The molecule has 0 heterocycles. The van der Waals surface area contributed by atoms with E-state index in [2.05, 4.69) is 10.6 Å². The van der Waals surface area contributed by atoms with E-state index in [1.165, 1.54) is 0 Å². The van der Waals surface area contributed by atoms with Crippen LogP contribution in [0, 0.1) is 25.2 Å². The van der Waals surface area contributed by atoms with Crippen molar-refractivity contribution >= 4 is 17.6 Å². The van der Waals surface area contributed by atoms with Crippen LogP contribution in [0.3, 0.4) is 0 Å². The van der Waals surface area contributed by atoms with Gasteiger partial charge in [-0.05, 0) is 31.0 Å². The minimum absolute atomic E-state index is 0.188. The molecule has 0 aliphatic heterocycles. The third-order valence-electron chi connectivity index (χ3n) is 2.72. The van der Waals surface area contributed by atoms with E-state index in [4.69, 9.17) is 10.4 Å². The Labute approximate surface area is 116 Å². The van der Waals surface area contributed by atoms with Crippen LogP contribution in [-0.2, 0) is 9.59 Å². The van der Waals surface area contributed by atoms with Gasteiger partial charge in [-0.3, -0.25) is 9.59 Å². The Balaban J connectivity index is 2.81. The van der Waals surface area contributed by atoms with Gasteiger partial charge < -0.3 is 15.7 Å². The molecule has 6 heteroatoms. The molecule has 0 unspecified atom stereocenters. The van der Waals surface area contributed by atoms with E-state index in [0.717, 1.165) is 17.3 Å². The lowest BCUT2D eigenvalue weighted by Gasteiger charge is -2.09. The summed E-state index contributed by atoms with van der Waals surface area (Å²) in [5, 5.41) is 22.4. The van der Waals surface area contributed by atoms with Crippen LogP contribution in [0.2, 0.25) is 0 Å². The smallest absolute Gasteiger partial charge is 0.322 e. The number of carbonyl (C=O) groups excluding carboxylic acids is 1. The van der Waals surface area contributed by atoms with Crippen molar-refractivity contribution in [2.45, 2.75) is 13.8 Å². The molecule has 104 valence electrons. The zero-order valence-electron chi connectivity index (χ0n) is 11.2. The van der Waals surface area contributed by atoms with Crippen LogP contribution >= 0.6 is 0 Å². The highest BCUT2D eigenvalue weighted by Gasteiger charge is 2.11. The molecule has 1 amide bonds. The summed E-state index contributed by atoms with van der Waals surface area (Å²) in [6.45, 7) is 3.42. The molecule has 1 rings (SSSR count). The first kappa shape index (κ1) is 15.2. The second kappa shape index (κ2) is 6.95. The Hall–Kier alpha value is -2.81. The van der Waals surface area contributed by atoms with Crippen LogP contribution in [0.1, 0.15) is 11.1 Å². The standard InChI is InChI=1S/C14H15N3O3/c1-9-4-3-5-12(10(9)2)17-14(20)11(6-15)7-16-8-13(18)19/h3-5,7,16H,8H2,1-2H3,(H,17,20)(H,18,19)/b11-7-. The molecular formula is C14H15N3O3. The molecule has 0 radical (unpaired) electrons. The second-order valence-corrected chi connectivity index (χ2v) is 4.15. The number of carbonyl (C=O) groups is 2. The van der Waals surface area contributed by atoms with E-state index in [0.29, 0.717) is 5.69 Å². The number of nitrogens with one attached hydrogen (secondary N) is 2. The first-order valence-electron chi connectivity index (χ1n) is 5.88. The largest absolute Gasteiger partial charge is 0.480 e. The Morgan fingerprint density at radius 2 is 2.10 bits per heavy atom. The number of aliphatic carboxylic acids is 1. The lowest BCUT2D eigenvalue weighted by Crippen LogP contribution is -2.21. The van der Waals surface area contributed by atoms with Crippen molar-refractivity contribution in [2.75, 3.05) is 11.9 Å². The summed E-state index contributed by atoms with van der Waals surface area (Å²) in [7, 11) is 0. The van der Waals surface area contributed by atoms with Gasteiger partial charge in [0.2, 0.25) is 0 Å². The van der Waals surface area contributed by atoms with Gasteiger partial charge in [0.15, 0.2) is 0 Å². The number of carboxylic acids is 1. The van der Waals surface area contributed by atoms with Gasteiger partial charge in [0.1, 0.15) is 18.2 Å². The van der Waals surface area contributed by atoms with E-state index in [1.807, 2.05) is 19.9 Å². The quantitative estimate of drug-likeness (QED) is 0.554. The summed E-state index contributed by atoms with van der Waals surface area (Å²) < 4.78 is 0. The first-order chi connectivity index (χ1) is 9.45. The Morgan fingerprint density at radius 1 is 1.40 bits per heavy atom. The van der Waals surface area contributed by atoms with Crippen LogP contribution in [0.25, 0.3) is 0 Å². The minimum atomic E-state index is -1.08. The van der Waals surface area contributed by atoms with E-state index < -0.39 is 11.9 Å². The maximum Gasteiger partial charge on any atom is 0.322 e. The van der Waals surface area contributed by atoms with Gasteiger partial charge in [-0.25, -0.2) is 0 Å². The van der Waals surface area contributed by atoms with E-state index in [-0.39, 0.29) is 12.1 Å². The summed E-state index contributed by atoms with van der Waals surface area (Å²) in [6.07, 6.45) is 1.09. The third-order valence-corrected chi connectivity index (χ3v) is 2.72. The van der Waals surface area contributed by atoms with Gasteiger partial charge in [-0.15, -0.1) is 0 Å². The van der Waals surface area contributed by atoms with Gasteiger partial charge in [0, 0.05) is 11.9 Å². The molecule has 0 saturated carbocycles. The number of nitriles is 1. The molecule has 20 heavy (non-hydrogen) atoms. The van der Waals surface area contributed by atoms with Crippen LogP contribution in [0.15, 0.2) is 30.0 Å². The van der Waals surface area contributed by atoms with Gasteiger partial charge in [0.25, 0.3) is 5.91 Å². The summed E-state index contributed by atoms with van der Waals surface area (Å²) in [4.78, 5) is 22.2. The molecule has 0 saturated heterocycles. The highest BCUT2D eigenvalue weighted by molar-refractivity contribution is 6.06.